The Balaban J connectivity index is 4.31. The fourth-order valence-electron chi connectivity index (χ4n) is 0.855. The van der Waals surface area contributed by atoms with Gasteiger partial charge in [0.2, 0.25) is 5.91 Å². The molecule has 0 bridgehead atoms. The van der Waals surface area contributed by atoms with Gasteiger partial charge in [0, 0.05) is 22.6 Å². The van der Waals surface area contributed by atoms with Gasteiger partial charge in [-0.2, -0.15) is 0 Å². The first-order valence-electron chi connectivity index (χ1n) is 3.93. The van der Waals surface area contributed by atoms with E-state index in [0.29, 0.717) is 13.0 Å². The van der Waals surface area contributed by atoms with E-state index < -0.39 is 22.0 Å². The second kappa shape index (κ2) is 5.27. The van der Waals surface area contributed by atoms with Crippen molar-refractivity contribution in [1.29, 1.82) is 0 Å². The molecule has 4 nitrogen and oxygen atoms in total. The predicted octanol–water partition coefficient (Wildman–Crippen LogP) is -0.654. The summed E-state index contributed by atoms with van der Waals surface area (Å²) in [6, 6.07) is 0. The first-order valence-corrected chi connectivity index (χ1v) is 5.20. The summed E-state index contributed by atoms with van der Waals surface area (Å²) >= 11 is 0. The van der Waals surface area contributed by atoms with Crippen LogP contribution in [-0.4, -0.2) is 27.2 Å². The smallest absolute Gasteiger partial charge is 0.233 e. The molecule has 0 aliphatic heterocycles. The van der Waals surface area contributed by atoms with Crippen molar-refractivity contribution in [2.45, 2.75) is 30.8 Å². The van der Waals surface area contributed by atoms with Crippen LogP contribution in [0.1, 0.15) is 20.3 Å². The molecule has 0 aliphatic rings. The van der Waals surface area contributed by atoms with Gasteiger partial charge >= 0.3 is 0 Å². The summed E-state index contributed by atoms with van der Waals surface area (Å²) in [5, 5.41) is -0.717. The number of primary amides is 1. The third-order valence-corrected chi connectivity index (χ3v) is 3.81. The van der Waals surface area contributed by atoms with Gasteiger partial charge < -0.3 is 11.5 Å². The van der Waals surface area contributed by atoms with E-state index in [-0.39, 0.29) is 5.25 Å². The van der Waals surface area contributed by atoms with Gasteiger partial charge in [0.05, 0.1) is 0 Å². The van der Waals surface area contributed by atoms with Crippen molar-refractivity contribution < 1.29 is 9.00 Å². The number of carbonyl (C=O) groups excluding carboxylic acids is 1. The van der Waals surface area contributed by atoms with Gasteiger partial charge in [-0.05, 0) is 13.3 Å². The van der Waals surface area contributed by atoms with Crippen LogP contribution in [0.25, 0.3) is 0 Å². The number of hydrogen-bond donors (Lipinski definition) is 2. The lowest BCUT2D eigenvalue weighted by atomic mass is 10.3. The van der Waals surface area contributed by atoms with Gasteiger partial charge in [-0.25, -0.2) is 0 Å². The number of amides is 1. The van der Waals surface area contributed by atoms with E-state index in [1.165, 1.54) is 0 Å². The molecule has 1 amide bonds. The maximum absolute atomic E-state index is 11.5. The van der Waals surface area contributed by atoms with Crippen LogP contribution < -0.4 is 11.5 Å². The van der Waals surface area contributed by atoms with Crippen molar-refractivity contribution in [3.63, 3.8) is 0 Å². The molecule has 0 saturated heterocycles. The van der Waals surface area contributed by atoms with Crippen LogP contribution in [0.3, 0.4) is 0 Å². The summed E-state index contributed by atoms with van der Waals surface area (Å²) < 4.78 is 11.5. The van der Waals surface area contributed by atoms with E-state index in [1.54, 1.807) is 13.8 Å². The van der Waals surface area contributed by atoms with Gasteiger partial charge in [-0.3, -0.25) is 9.00 Å². The molecule has 0 heterocycles. The van der Waals surface area contributed by atoms with Gasteiger partial charge in [-0.15, -0.1) is 0 Å². The lowest BCUT2D eigenvalue weighted by molar-refractivity contribution is -0.117. The number of carbonyl (C=O) groups is 1. The Kier molecular flexibility index (Phi) is 5.08. The van der Waals surface area contributed by atoms with E-state index >= 15 is 0 Å². The summed E-state index contributed by atoms with van der Waals surface area (Å²) in [6.07, 6.45) is 0.506. The molecule has 0 aromatic rings. The first kappa shape index (κ1) is 11.6. The maximum atomic E-state index is 11.5. The Hall–Kier alpha value is -0.420. The minimum Gasteiger partial charge on any atom is -0.369 e. The van der Waals surface area contributed by atoms with Crippen LogP contribution >= 0.6 is 0 Å². The predicted molar refractivity (Wildman–Crippen MR) is 49.9 cm³/mol. The lowest BCUT2D eigenvalue weighted by Crippen LogP contribution is -2.38. The number of rotatable bonds is 5. The van der Waals surface area contributed by atoms with Crippen molar-refractivity contribution >= 4 is 16.7 Å². The van der Waals surface area contributed by atoms with Crippen LogP contribution in [0.2, 0.25) is 0 Å². The summed E-state index contributed by atoms with van der Waals surface area (Å²) in [7, 11) is -1.23. The monoisotopic (exact) mass is 192 g/mol. The molecule has 5 heteroatoms. The van der Waals surface area contributed by atoms with Crippen LogP contribution in [-0.2, 0) is 15.6 Å². The minimum atomic E-state index is -1.23. The molecule has 0 saturated carbocycles. The highest BCUT2D eigenvalue weighted by atomic mass is 32.2. The van der Waals surface area contributed by atoms with Crippen molar-refractivity contribution in [1.82, 2.24) is 0 Å². The van der Waals surface area contributed by atoms with Crippen molar-refractivity contribution in [3.8, 4) is 0 Å². The largest absolute Gasteiger partial charge is 0.369 e. The van der Waals surface area contributed by atoms with E-state index in [2.05, 4.69) is 0 Å². The van der Waals surface area contributed by atoms with Crippen LogP contribution in [0.4, 0.5) is 0 Å². The third kappa shape index (κ3) is 2.91. The Morgan fingerprint density at radius 2 is 2.08 bits per heavy atom. The molecule has 0 aromatic heterocycles. The summed E-state index contributed by atoms with van der Waals surface area (Å²) in [6.45, 7) is 3.86. The third-order valence-electron chi connectivity index (χ3n) is 1.70. The van der Waals surface area contributed by atoms with Crippen molar-refractivity contribution in [2.75, 3.05) is 6.54 Å². The van der Waals surface area contributed by atoms with Gasteiger partial charge in [0.15, 0.2) is 0 Å². The average molecular weight is 192 g/mol. The molecule has 3 atom stereocenters. The topological polar surface area (TPSA) is 86.2 Å². The molecular weight excluding hydrogens is 176 g/mol. The number of hydrogen-bond acceptors (Lipinski definition) is 3. The summed E-state index contributed by atoms with van der Waals surface area (Å²) in [5.74, 6) is -0.504. The van der Waals surface area contributed by atoms with Crippen molar-refractivity contribution in [3.05, 3.63) is 0 Å². The van der Waals surface area contributed by atoms with Crippen LogP contribution in [0.5, 0.6) is 0 Å². The molecule has 72 valence electrons. The normalized spacial score (nSPS) is 18.2. The highest BCUT2D eigenvalue weighted by Crippen LogP contribution is 2.06. The van der Waals surface area contributed by atoms with E-state index in [9.17, 15) is 9.00 Å². The fourth-order valence-corrected chi connectivity index (χ4v) is 2.16. The molecular formula is C7H16N2O2S. The van der Waals surface area contributed by atoms with Gasteiger partial charge in [-0.1, -0.05) is 6.92 Å². The second-order valence-electron chi connectivity index (χ2n) is 2.67. The minimum absolute atomic E-state index is 0.164. The fraction of sp³-hybridized carbons (Fsp3) is 0.857. The second-order valence-corrected chi connectivity index (χ2v) is 4.70. The average Bonchev–Trinajstić information content (AvgIpc) is 2.03. The Bertz CT molecular complexity index is 184. The zero-order valence-electron chi connectivity index (χ0n) is 7.45. The van der Waals surface area contributed by atoms with E-state index in [1.807, 2.05) is 0 Å². The maximum Gasteiger partial charge on any atom is 0.233 e. The molecule has 3 unspecified atom stereocenters. The van der Waals surface area contributed by atoms with Crippen LogP contribution in [0, 0.1) is 0 Å². The SMILES string of the molecule is CCC(C(N)=O)S(=O)C(C)CN. The highest BCUT2D eigenvalue weighted by molar-refractivity contribution is 7.87. The molecule has 4 N–H and O–H groups in total. The van der Waals surface area contributed by atoms with E-state index in [0.717, 1.165) is 0 Å². The van der Waals surface area contributed by atoms with Crippen LogP contribution in [0.15, 0.2) is 0 Å². The van der Waals surface area contributed by atoms with Crippen molar-refractivity contribution in [2.24, 2.45) is 11.5 Å². The van der Waals surface area contributed by atoms with E-state index in [4.69, 9.17) is 11.5 Å². The molecule has 0 aliphatic carbocycles. The molecule has 0 spiro atoms. The summed E-state index contributed by atoms with van der Waals surface area (Å²) in [4.78, 5) is 10.8. The quantitative estimate of drug-likeness (QED) is 0.606. The van der Waals surface area contributed by atoms with Gasteiger partial charge in [0.1, 0.15) is 5.25 Å². The molecule has 0 aromatic carbocycles. The molecule has 0 rings (SSSR count). The number of nitrogens with two attached hydrogens (primary N) is 2. The first-order chi connectivity index (χ1) is 5.54. The summed E-state index contributed by atoms with van der Waals surface area (Å²) in [5.41, 5.74) is 10.4. The highest BCUT2D eigenvalue weighted by Gasteiger charge is 2.24. The zero-order valence-corrected chi connectivity index (χ0v) is 8.26. The Morgan fingerprint density at radius 3 is 2.33 bits per heavy atom. The standard InChI is InChI=1S/C7H16N2O2S/c1-3-6(7(9)10)12(11)5(2)4-8/h5-6H,3-4,8H2,1-2H3,(H2,9,10). The Labute approximate surface area is 75.1 Å². The zero-order chi connectivity index (χ0) is 9.72. The lowest BCUT2D eigenvalue weighted by Gasteiger charge is -2.14. The Morgan fingerprint density at radius 1 is 1.58 bits per heavy atom. The van der Waals surface area contributed by atoms with Gasteiger partial charge in [0.25, 0.3) is 0 Å². The molecule has 0 radical (unpaired) electrons. The molecule has 12 heavy (non-hydrogen) atoms. The molecule has 0 fully saturated rings.